The number of carbonyl (C=O) groups excluding carboxylic acids is 1. The van der Waals surface area contributed by atoms with E-state index in [1.807, 2.05) is 33.8 Å². The summed E-state index contributed by atoms with van der Waals surface area (Å²) in [6, 6.07) is 12.6. The van der Waals surface area contributed by atoms with Gasteiger partial charge in [0.1, 0.15) is 11.4 Å². The molecule has 2 saturated carbocycles. The van der Waals surface area contributed by atoms with Crippen LogP contribution in [0.4, 0.5) is 5.69 Å². The first-order valence-electron chi connectivity index (χ1n) is 11.2. The fourth-order valence-electron chi connectivity index (χ4n) is 3.76. The third-order valence-electron chi connectivity index (χ3n) is 5.53. The quantitative estimate of drug-likeness (QED) is 0.514. The van der Waals surface area contributed by atoms with Crippen LogP contribution in [0.1, 0.15) is 92.3 Å². The molecular weight excluding hydrogens is 374 g/mol. The smallest absolute Gasteiger partial charge is 0.338 e. The van der Waals surface area contributed by atoms with Crippen molar-refractivity contribution in [3.05, 3.63) is 58.7 Å². The van der Waals surface area contributed by atoms with Crippen molar-refractivity contribution in [3.8, 4) is 5.75 Å². The molecule has 2 aliphatic rings. The summed E-state index contributed by atoms with van der Waals surface area (Å²) in [5, 5.41) is 3.52. The maximum atomic E-state index is 12.4. The Balaban J connectivity index is 1.50. The fraction of sp³-hybridized carbons (Fsp3) is 0.500. The lowest BCUT2D eigenvalue weighted by Crippen LogP contribution is -2.23. The Bertz CT molecular complexity index is 890. The van der Waals surface area contributed by atoms with Crippen LogP contribution >= 0.6 is 0 Å². The predicted molar refractivity (Wildman–Crippen MR) is 120 cm³/mol. The first kappa shape index (κ1) is 20.8. The van der Waals surface area contributed by atoms with E-state index >= 15 is 0 Å². The van der Waals surface area contributed by atoms with Gasteiger partial charge in [0.2, 0.25) is 0 Å². The van der Waals surface area contributed by atoms with Crippen molar-refractivity contribution in [3.63, 3.8) is 0 Å². The number of nitrogens with one attached hydrogen (secondary N) is 1. The van der Waals surface area contributed by atoms with Crippen molar-refractivity contribution >= 4 is 11.7 Å². The highest BCUT2D eigenvalue weighted by atomic mass is 16.6. The van der Waals surface area contributed by atoms with Gasteiger partial charge in [0.25, 0.3) is 0 Å². The molecule has 0 heterocycles. The molecular formula is C26H33NO3. The third-order valence-corrected chi connectivity index (χ3v) is 5.53. The number of rotatable bonds is 8. The molecule has 0 unspecified atom stereocenters. The van der Waals surface area contributed by atoms with Gasteiger partial charge in [0.15, 0.2) is 0 Å². The van der Waals surface area contributed by atoms with E-state index in [0.717, 1.165) is 24.1 Å². The van der Waals surface area contributed by atoms with Crippen molar-refractivity contribution < 1.29 is 14.3 Å². The van der Waals surface area contributed by atoms with E-state index in [1.54, 1.807) is 12.1 Å². The van der Waals surface area contributed by atoms with Crippen LogP contribution in [-0.2, 0) is 11.3 Å². The van der Waals surface area contributed by atoms with E-state index in [-0.39, 0.29) is 5.97 Å². The molecule has 4 nitrogen and oxygen atoms in total. The molecule has 30 heavy (non-hydrogen) atoms. The largest absolute Gasteiger partial charge is 0.492 e. The molecule has 0 spiro atoms. The van der Waals surface area contributed by atoms with Crippen molar-refractivity contribution in [2.24, 2.45) is 0 Å². The monoisotopic (exact) mass is 407 g/mol. The molecule has 0 saturated heterocycles. The van der Waals surface area contributed by atoms with E-state index in [0.29, 0.717) is 17.9 Å². The topological polar surface area (TPSA) is 47.6 Å². The molecule has 4 rings (SSSR count). The Morgan fingerprint density at radius 1 is 1.00 bits per heavy atom. The Morgan fingerprint density at radius 3 is 2.17 bits per heavy atom. The molecule has 0 aliphatic heterocycles. The molecule has 160 valence electrons. The van der Waals surface area contributed by atoms with Gasteiger partial charge >= 0.3 is 5.97 Å². The van der Waals surface area contributed by atoms with E-state index in [9.17, 15) is 4.79 Å². The molecule has 2 aromatic carbocycles. The van der Waals surface area contributed by atoms with Gasteiger partial charge in [0.05, 0.1) is 17.9 Å². The number of carbonyl (C=O) groups is 1. The SMILES string of the molecule is CCOc1cc(C(=O)OC(C)(C)C)ccc1NCc1cc(C2CC2)cc(C2CC2)c1. The summed E-state index contributed by atoms with van der Waals surface area (Å²) in [7, 11) is 0. The molecule has 4 heteroatoms. The third kappa shape index (κ3) is 5.35. The lowest BCUT2D eigenvalue weighted by Gasteiger charge is -2.20. The second-order valence-corrected chi connectivity index (χ2v) is 9.56. The maximum absolute atomic E-state index is 12.4. The lowest BCUT2D eigenvalue weighted by atomic mass is 10.00. The van der Waals surface area contributed by atoms with Gasteiger partial charge < -0.3 is 14.8 Å². The number of ether oxygens (including phenoxy) is 2. The van der Waals surface area contributed by atoms with Crippen molar-refractivity contribution in [1.29, 1.82) is 0 Å². The minimum Gasteiger partial charge on any atom is -0.492 e. The molecule has 2 aliphatic carbocycles. The first-order chi connectivity index (χ1) is 14.3. The number of benzene rings is 2. The molecule has 0 amide bonds. The predicted octanol–water partition coefficient (Wildman–Crippen LogP) is 6.41. The van der Waals surface area contributed by atoms with E-state index < -0.39 is 5.60 Å². The van der Waals surface area contributed by atoms with Crippen LogP contribution in [0.3, 0.4) is 0 Å². The minimum atomic E-state index is -0.522. The van der Waals surface area contributed by atoms with E-state index in [4.69, 9.17) is 9.47 Å². The Hall–Kier alpha value is -2.49. The highest BCUT2D eigenvalue weighted by Crippen LogP contribution is 2.45. The standard InChI is InChI=1S/C26H33NO3/c1-5-29-24-15-20(25(28)30-26(2,3)4)10-11-23(24)27-16-17-12-21(18-6-7-18)14-22(13-17)19-8-9-19/h10-15,18-19,27H,5-9,16H2,1-4H3. The molecule has 1 N–H and O–H groups in total. The van der Waals surface area contributed by atoms with E-state index in [1.165, 1.54) is 42.4 Å². The van der Waals surface area contributed by atoms with Crippen LogP contribution in [0.5, 0.6) is 5.75 Å². The zero-order chi connectivity index (χ0) is 21.3. The van der Waals surface area contributed by atoms with Gasteiger partial charge in [-0.3, -0.25) is 0 Å². The Morgan fingerprint density at radius 2 is 1.63 bits per heavy atom. The average molecular weight is 408 g/mol. The maximum Gasteiger partial charge on any atom is 0.338 e. The second kappa shape index (κ2) is 8.33. The molecule has 0 bridgehead atoms. The minimum absolute atomic E-state index is 0.332. The first-order valence-corrected chi connectivity index (χ1v) is 11.2. The zero-order valence-electron chi connectivity index (χ0n) is 18.6. The van der Waals surface area contributed by atoms with Crippen LogP contribution in [0, 0.1) is 0 Å². The summed E-state index contributed by atoms with van der Waals surface area (Å²) in [6.07, 6.45) is 5.28. The van der Waals surface area contributed by atoms with Crippen molar-refractivity contribution in [2.45, 2.75) is 77.4 Å². The average Bonchev–Trinajstić information content (AvgIpc) is 3.57. The van der Waals surface area contributed by atoms with Gasteiger partial charge in [-0.25, -0.2) is 4.79 Å². The second-order valence-electron chi connectivity index (χ2n) is 9.56. The van der Waals surface area contributed by atoms with E-state index in [2.05, 4.69) is 23.5 Å². The summed E-state index contributed by atoms with van der Waals surface area (Å²) >= 11 is 0. The van der Waals surface area contributed by atoms with Crippen LogP contribution in [0.2, 0.25) is 0 Å². The van der Waals surface area contributed by atoms with Gasteiger partial charge in [-0.05, 0) is 100 Å². The molecule has 0 radical (unpaired) electrons. The lowest BCUT2D eigenvalue weighted by molar-refractivity contribution is 0.00691. The number of hydrogen-bond acceptors (Lipinski definition) is 4. The Kier molecular flexibility index (Phi) is 5.77. The van der Waals surface area contributed by atoms with Crippen LogP contribution in [-0.4, -0.2) is 18.2 Å². The van der Waals surface area contributed by atoms with Gasteiger partial charge in [-0.15, -0.1) is 0 Å². The summed E-state index contributed by atoms with van der Waals surface area (Å²) < 4.78 is 11.3. The molecule has 2 fully saturated rings. The summed E-state index contributed by atoms with van der Waals surface area (Å²) in [6.45, 7) is 8.84. The molecule has 0 atom stereocenters. The number of anilines is 1. The Labute approximate surface area is 180 Å². The van der Waals surface area contributed by atoms with Crippen molar-refractivity contribution in [2.75, 3.05) is 11.9 Å². The number of hydrogen-bond donors (Lipinski definition) is 1. The molecule has 2 aromatic rings. The van der Waals surface area contributed by atoms with Crippen LogP contribution in [0.25, 0.3) is 0 Å². The highest BCUT2D eigenvalue weighted by Gasteiger charge is 2.28. The van der Waals surface area contributed by atoms with Gasteiger partial charge in [0, 0.05) is 6.54 Å². The summed E-state index contributed by atoms with van der Waals surface area (Å²) in [5.74, 6) is 1.87. The fourth-order valence-corrected chi connectivity index (χ4v) is 3.76. The summed E-state index contributed by atoms with van der Waals surface area (Å²) in [5.41, 5.74) is 5.20. The van der Waals surface area contributed by atoms with Crippen molar-refractivity contribution in [1.82, 2.24) is 0 Å². The molecule has 0 aromatic heterocycles. The van der Waals surface area contributed by atoms with Gasteiger partial charge in [-0.1, -0.05) is 18.2 Å². The normalized spacial score (nSPS) is 16.3. The highest BCUT2D eigenvalue weighted by molar-refractivity contribution is 5.91. The zero-order valence-corrected chi connectivity index (χ0v) is 18.6. The summed E-state index contributed by atoms with van der Waals surface area (Å²) in [4.78, 5) is 12.4. The number of esters is 1. The van der Waals surface area contributed by atoms with Crippen LogP contribution in [0.15, 0.2) is 36.4 Å². The van der Waals surface area contributed by atoms with Crippen LogP contribution < -0.4 is 10.1 Å². The van der Waals surface area contributed by atoms with Gasteiger partial charge in [-0.2, -0.15) is 0 Å².